The first-order valence-electron chi connectivity index (χ1n) is 9.09. The number of ether oxygens (including phenoxy) is 2. The summed E-state index contributed by atoms with van der Waals surface area (Å²) in [7, 11) is 3.33. The molecule has 1 unspecified atom stereocenters. The van der Waals surface area contributed by atoms with Crippen LogP contribution >= 0.6 is 0 Å². The topological polar surface area (TPSA) is 60.6 Å². The quantitative estimate of drug-likeness (QED) is 0.663. The maximum atomic E-state index is 5.98. The van der Waals surface area contributed by atoms with E-state index in [1.807, 2.05) is 36.4 Å². The molecule has 0 radical (unpaired) electrons. The molecule has 1 aliphatic heterocycles. The number of hydrogen-bond donors (Lipinski definition) is 0. The molecule has 6 nitrogen and oxygen atoms in total. The minimum Gasteiger partial charge on any atom is -0.497 e. The van der Waals surface area contributed by atoms with Crippen LogP contribution in [0.2, 0.25) is 0 Å². The smallest absolute Gasteiger partial charge is 0.251 e. The van der Waals surface area contributed by atoms with Crippen molar-refractivity contribution in [1.82, 2.24) is 15.1 Å². The number of para-hydroxylation sites is 1. The Bertz CT molecular complexity index is 892. The third kappa shape index (κ3) is 3.80. The van der Waals surface area contributed by atoms with Gasteiger partial charge in [0.1, 0.15) is 11.5 Å². The summed E-state index contributed by atoms with van der Waals surface area (Å²) in [6.45, 7) is 2.84. The van der Waals surface area contributed by atoms with Gasteiger partial charge in [0, 0.05) is 13.1 Å². The molecule has 6 heteroatoms. The van der Waals surface area contributed by atoms with E-state index in [9.17, 15) is 0 Å². The predicted octanol–water partition coefficient (Wildman–Crippen LogP) is 3.74. The summed E-state index contributed by atoms with van der Waals surface area (Å²) in [6.07, 6.45) is 1.02. The van der Waals surface area contributed by atoms with E-state index < -0.39 is 0 Å². The Morgan fingerprint density at radius 1 is 1.04 bits per heavy atom. The van der Waals surface area contributed by atoms with Crippen molar-refractivity contribution in [2.45, 2.75) is 18.9 Å². The molecular formula is C21H23N3O3. The fourth-order valence-corrected chi connectivity index (χ4v) is 3.50. The molecule has 0 saturated carbocycles. The van der Waals surface area contributed by atoms with Crippen molar-refractivity contribution >= 4 is 0 Å². The summed E-state index contributed by atoms with van der Waals surface area (Å²) < 4.78 is 16.6. The molecule has 1 aromatic heterocycles. The van der Waals surface area contributed by atoms with Crippen molar-refractivity contribution in [1.29, 1.82) is 0 Å². The molecule has 0 aliphatic carbocycles. The summed E-state index contributed by atoms with van der Waals surface area (Å²) in [5.74, 6) is 3.09. The van der Waals surface area contributed by atoms with Crippen molar-refractivity contribution in [3.05, 3.63) is 60.0 Å². The van der Waals surface area contributed by atoms with Crippen LogP contribution in [0.1, 0.15) is 23.8 Å². The third-order valence-electron chi connectivity index (χ3n) is 4.96. The second-order valence-electron chi connectivity index (χ2n) is 6.71. The first-order chi connectivity index (χ1) is 13.3. The molecule has 2 heterocycles. The van der Waals surface area contributed by atoms with E-state index in [4.69, 9.17) is 13.9 Å². The molecule has 4 rings (SSSR count). The molecule has 2 aromatic carbocycles. The van der Waals surface area contributed by atoms with Crippen LogP contribution in [0.4, 0.5) is 0 Å². The highest BCUT2D eigenvalue weighted by Gasteiger charge is 2.28. The Labute approximate surface area is 158 Å². The maximum absolute atomic E-state index is 5.98. The molecule has 0 N–H and O–H groups in total. The molecule has 1 fully saturated rings. The lowest BCUT2D eigenvalue weighted by molar-refractivity contribution is 0.320. The molecule has 3 aromatic rings. The third-order valence-corrected chi connectivity index (χ3v) is 4.96. The van der Waals surface area contributed by atoms with Crippen molar-refractivity contribution in [3.8, 4) is 23.0 Å². The Hall–Kier alpha value is -2.86. The largest absolute Gasteiger partial charge is 0.497 e. The first kappa shape index (κ1) is 17.5. The van der Waals surface area contributed by atoms with E-state index in [1.165, 1.54) is 5.56 Å². The zero-order valence-corrected chi connectivity index (χ0v) is 15.6. The minimum absolute atomic E-state index is 0.263. The average molecular weight is 365 g/mol. The Morgan fingerprint density at radius 2 is 1.85 bits per heavy atom. The first-order valence-corrected chi connectivity index (χ1v) is 9.09. The molecule has 1 atom stereocenters. The Kier molecular flexibility index (Phi) is 5.07. The van der Waals surface area contributed by atoms with Gasteiger partial charge in [0.2, 0.25) is 5.89 Å². The van der Waals surface area contributed by atoms with Gasteiger partial charge in [-0.25, -0.2) is 0 Å². The van der Waals surface area contributed by atoms with Crippen LogP contribution in [-0.2, 0) is 6.54 Å². The standard InChI is InChI=1S/C21H23N3O3/c1-25-17-9-7-15(8-10-17)13-24-12-11-16(14-24)20-22-23-21(27-20)18-5-3-4-6-19(18)26-2/h3-10,16H,11-14H2,1-2H3. The van der Waals surface area contributed by atoms with Gasteiger partial charge in [0.15, 0.2) is 0 Å². The summed E-state index contributed by atoms with van der Waals surface area (Å²) in [5, 5.41) is 8.54. The molecular weight excluding hydrogens is 342 g/mol. The summed E-state index contributed by atoms with van der Waals surface area (Å²) >= 11 is 0. The van der Waals surface area contributed by atoms with Crippen LogP contribution < -0.4 is 9.47 Å². The van der Waals surface area contributed by atoms with Crippen molar-refractivity contribution in [2.24, 2.45) is 0 Å². The maximum Gasteiger partial charge on any atom is 0.251 e. The van der Waals surface area contributed by atoms with E-state index in [1.54, 1.807) is 14.2 Å². The van der Waals surface area contributed by atoms with E-state index in [-0.39, 0.29) is 5.92 Å². The Morgan fingerprint density at radius 3 is 2.63 bits per heavy atom. The summed E-state index contributed by atoms with van der Waals surface area (Å²) in [5.41, 5.74) is 2.10. The molecule has 27 heavy (non-hydrogen) atoms. The van der Waals surface area contributed by atoms with Gasteiger partial charge < -0.3 is 13.9 Å². The second kappa shape index (κ2) is 7.80. The van der Waals surface area contributed by atoms with Crippen LogP contribution in [-0.4, -0.2) is 42.4 Å². The summed E-state index contributed by atoms with van der Waals surface area (Å²) in [4.78, 5) is 2.42. The van der Waals surface area contributed by atoms with E-state index in [0.29, 0.717) is 11.8 Å². The van der Waals surface area contributed by atoms with E-state index in [0.717, 1.165) is 43.1 Å². The van der Waals surface area contributed by atoms with Crippen LogP contribution in [0.15, 0.2) is 52.9 Å². The van der Waals surface area contributed by atoms with Crippen LogP contribution in [0.25, 0.3) is 11.5 Å². The van der Waals surface area contributed by atoms with Gasteiger partial charge in [-0.1, -0.05) is 24.3 Å². The lowest BCUT2D eigenvalue weighted by atomic mass is 10.1. The van der Waals surface area contributed by atoms with Crippen LogP contribution in [0, 0.1) is 0 Å². The van der Waals surface area contributed by atoms with Crippen LogP contribution in [0.3, 0.4) is 0 Å². The number of methoxy groups -OCH3 is 2. The molecule has 0 amide bonds. The Balaban J connectivity index is 1.42. The highest BCUT2D eigenvalue weighted by Crippen LogP contribution is 2.32. The molecule has 1 aliphatic rings. The summed E-state index contributed by atoms with van der Waals surface area (Å²) in [6, 6.07) is 15.9. The van der Waals surface area contributed by atoms with Gasteiger partial charge in [-0.15, -0.1) is 10.2 Å². The fraction of sp³-hybridized carbons (Fsp3) is 0.333. The SMILES string of the molecule is COc1ccc(CN2CCC(c3nnc(-c4ccccc4OC)o3)C2)cc1. The van der Waals surface area contributed by atoms with Gasteiger partial charge in [-0.3, -0.25) is 4.90 Å². The molecule has 140 valence electrons. The normalized spacial score (nSPS) is 17.2. The van der Waals surface area contributed by atoms with Crippen molar-refractivity contribution in [3.63, 3.8) is 0 Å². The number of benzene rings is 2. The highest BCUT2D eigenvalue weighted by atomic mass is 16.5. The van der Waals surface area contributed by atoms with Gasteiger partial charge in [0.25, 0.3) is 5.89 Å². The molecule has 0 bridgehead atoms. The average Bonchev–Trinajstić information content (AvgIpc) is 3.38. The number of rotatable bonds is 6. The highest BCUT2D eigenvalue weighted by molar-refractivity contribution is 5.62. The second-order valence-corrected chi connectivity index (χ2v) is 6.71. The van der Waals surface area contributed by atoms with Crippen molar-refractivity contribution in [2.75, 3.05) is 27.3 Å². The van der Waals surface area contributed by atoms with Gasteiger partial charge in [-0.05, 0) is 42.8 Å². The van der Waals surface area contributed by atoms with Gasteiger partial charge in [-0.2, -0.15) is 0 Å². The number of hydrogen-bond acceptors (Lipinski definition) is 6. The molecule has 0 spiro atoms. The fourth-order valence-electron chi connectivity index (χ4n) is 3.50. The zero-order valence-electron chi connectivity index (χ0n) is 15.6. The van der Waals surface area contributed by atoms with E-state index in [2.05, 4.69) is 27.2 Å². The van der Waals surface area contributed by atoms with Crippen molar-refractivity contribution < 1.29 is 13.9 Å². The zero-order chi connectivity index (χ0) is 18.6. The van der Waals surface area contributed by atoms with Gasteiger partial charge >= 0.3 is 0 Å². The van der Waals surface area contributed by atoms with Gasteiger partial charge in [0.05, 0.1) is 25.7 Å². The molecule has 1 saturated heterocycles. The number of aromatic nitrogens is 2. The predicted molar refractivity (Wildman–Crippen MR) is 102 cm³/mol. The van der Waals surface area contributed by atoms with Crippen LogP contribution in [0.5, 0.6) is 11.5 Å². The van der Waals surface area contributed by atoms with E-state index >= 15 is 0 Å². The lowest BCUT2D eigenvalue weighted by Gasteiger charge is -2.15. The monoisotopic (exact) mass is 365 g/mol. The number of nitrogens with zero attached hydrogens (tertiary/aromatic N) is 3. The number of likely N-dealkylation sites (tertiary alicyclic amines) is 1. The lowest BCUT2D eigenvalue weighted by Crippen LogP contribution is -2.19. The minimum atomic E-state index is 0.263.